The maximum atomic E-state index is 11.9. The number of carbonyl (C=O) groups is 1. The number of aromatic nitrogens is 1. The van der Waals surface area contributed by atoms with Gasteiger partial charge in [-0.15, -0.1) is 0 Å². The second kappa shape index (κ2) is 8.15. The topological polar surface area (TPSA) is 120 Å². The number of anilines is 1. The molecule has 0 aliphatic rings. The molecule has 116 valence electrons. The number of ether oxygens (including phenoxy) is 1. The summed E-state index contributed by atoms with van der Waals surface area (Å²) in [7, 11) is 0. The zero-order valence-electron chi connectivity index (χ0n) is 12.2. The summed E-state index contributed by atoms with van der Waals surface area (Å²) in [4.78, 5) is 25.7. The van der Waals surface area contributed by atoms with Crippen LogP contribution in [0.25, 0.3) is 0 Å². The van der Waals surface area contributed by atoms with Crippen LogP contribution < -0.4 is 11.1 Å². The van der Waals surface area contributed by atoms with Gasteiger partial charge < -0.3 is 15.8 Å². The van der Waals surface area contributed by atoms with E-state index in [9.17, 15) is 14.9 Å². The molecule has 0 unspecified atom stereocenters. The summed E-state index contributed by atoms with van der Waals surface area (Å²) in [6.07, 6.45) is 1.92. The highest BCUT2D eigenvalue weighted by Crippen LogP contribution is 2.18. The summed E-state index contributed by atoms with van der Waals surface area (Å²) < 4.78 is 5.35. The Kier molecular flexibility index (Phi) is 6.54. The van der Waals surface area contributed by atoms with Crippen molar-refractivity contribution in [3.8, 4) is 0 Å². The minimum absolute atomic E-state index is 0.0546. The van der Waals surface area contributed by atoms with Crippen molar-refractivity contribution in [2.75, 3.05) is 25.5 Å². The normalized spacial score (nSPS) is 10.6. The molecule has 1 amide bonds. The molecule has 0 fully saturated rings. The van der Waals surface area contributed by atoms with Crippen molar-refractivity contribution in [2.45, 2.75) is 20.3 Å². The van der Waals surface area contributed by atoms with Gasteiger partial charge >= 0.3 is 0 Å². The van der Waals surface area contributed by atoms with Crippen molar-refractivity contribution in [3.05, 3.63) is 27.9 Å². The van der Waals surface area contributed by atoms with Crippen LogP contribution in [0.5, 0.6) is 0 Å². The van der Waals surface area contributed by atoms with Crippen molar-refractivity contribution >= 4 is 17.4 Å². The lowest BCUT2D eigenvalue weighted by Gasteiger charge is -2.08. The molecule has 0 saturated carbocycles. The Bertz CT molecular complexity index is 505. The number of pyridine rings is 1. The number of nitro groups is 1. The van der Waals surface area contributed by atoms with E-state index in [0.29, 0.717) is 19.1 Å². The lowest BCUT2D eigenvalue weighted by molar-refractivity contribution is -0.385. The van der Waals surface area contributed by atoms with E-state index in [1.54, 1.807) is 0 Å². The van der Waals surface area contributed by atoms with Crippen LogP contribution in [0.4, 0.5) is 11.5 Å². The first kappa shape index (κ1) is 16.8. The van der Waals surface area contributed by atoms with E-state index >= 15 is 0 Å². The van der Waals surface area contributed by atoms with Crippen LogP contribution in [0.15, 0.2) is 12.3 Å². The zero-order valence-corrected chi connectivity index (χ0v) is 12.2. The van der Waals surface area contributed by atoms with Crippen LogP contribution in [-0.2, 0) is 4.74 Å². The van der Waals surface area contributed by atoms with Crippen molar-refractivity contribution in [2.24, 2.45) is 5.92 Å². The Morgan fingerprint density at radius 1 is 1.52 bits per heavy atom. The molecule has 0 bridgehead atoms. The standard InChI is InChI=1S/C13H20N4O4/c1-9(2)3-5-21-6-4-15-13(18)10-7-12(14)16-8-11(10)17(19)20/h7-9H,3-6H2,1-2H3,(H2,14,16)(H,15,18). The van der Waals surface area contributed by atoms with Crippen molar-refractivity contribution in [1.82, 2.24) is 10.3 Å². The predicted octanol–water partition coefficient (Wildman–Crippen LogP) is 1.36. The van der Waals surface area contributed by atoms with Crippen molar-refractivity contribution in [3.63, 3.8) is 0 Å². The van der Waals surface area contributed by atoms with E-state index in [2.05, 4.69) is 24.1 Å². The largest absolute Gasteiger partial charge is 0.384 e. The van der Waals surface area contributed by atoms with Crippen LogP contribution in [-0.4, -0.2) is 35.6 Å². The van der Waals surface area contributed by atoms with Crippen LogP contribution >= 0.6 is 0 Å². The SMILES string of the molecule is CC(C)CCOCCNC(=O)c1cc(N)ncc1[N+](=O)[O-]. The second-order valence-electron chi connectivity index (χ2n) is 4.93. The molecule has 1 aromatic rings. The number of hydrogen-bond acceptors (Lipinski definition) is 6. The average molecular weight is 296 g/mol. The fourth-order valence-corrected chi connectivity index (χ4v) is 1.54. The van der Waals surface area contributed by atoms with Crippen LogP contribution in [0.2, 0.25) is 0 Å². The van der Waals surface area contributed by atoms with Crippen LogP contribution in [0.1, 0.15) is 30.6 Å². The van der Waals surface area contributed by atoms with Gasteiger partial charge in [0.2, 0.25) is 0 Å². The highest BCUT2D eigenvalue weighted by Gasteiger charge is 2.20. The molecule has 21 heavy (non-hydrogen) atoms. The maximum absolute atomic E-state index is 11.9. The molecule has 1 aromatic heterocycles. The van der Waals surface area contributed by atoms with Gasteiger partial charge in [0.15, 0.2) is 0 Å². The molecule has 0 saturated heterocycles. The van der Waals surface area contributed by atoms with E-state index < -0.39 is 10.8 Å². The first-order valence-electron chi connectivity index (χ1n) is 6.67. The summed E-state index contributed by atoms with van der Waals surface area (Å²) >= 11 is 0. The summed E-state index contributed by atoms with van der Waals surface area (Å²) in [6.45, 7) is 5.44. The molecule has 8 heteroatoms. The van der Waals surface area contributed by atoms with Gasteiger partial charge in [-0.25, -0.2) is 4.98 Å². The Balaban J connectivity index is 2.49. The third kappa shape index (κ3) is 5.74. The number of nitrogen functional groups attached to an aromatic ring is 1. The number of rotatable bonds is 8. The summed E-state index contributed by atoms with van der Waals surface area (Å²) in [6, 6.07) is 1.19. The molecular weight excluding hydrogens is 276 g/mol. The Morgan fingerprint density at radius 2 is 2.24 bits per heavy atom. The molecule has 0 spiro atoms. The third-order valence-electron chi connectivity index (χ3n) is 2.72. The number of nitrogens with zero attached hydrogens (tertiary/aromatic N) is 2. The molecule has 1 heterocycles. The Morgan fingerprint density at radius 3 is 2.86 bits per heavy atom. The van der Waals surface area contributed by atoms with Gasteiger partial charge in [0, 0.05) is 13.2 Å². The monoisotopic (exact) mass is 296 g/mol. The Hall–Kier alpha value is -2.22. The summed E-state index contributed by atoms with van der Waals surface area (Å²) in [5.41, 5.74) is 4.97. The Labute approximate surface area is 122 Å². The third-order valence-corrected chi connectivity index (χ3v) is 2.72. The van der Waals surface area contributed by atoms with Gasteiger partial charge in [-0.1, -0.05) is 13.8 Å². The molecule has 3 N–H and O–H groups in total. The zero-order chi connectivity index (χ0) is 15.8. The summed E-state index contributed by atoms with van der Waals surface area (Å²) in [5.74, 6) is 0.0456. The summed E-state index contributed by atoms with van der Waals surface area (Å²) in [5, 5.41) is 13.4. The van der Waals surface area contributed by atoms with E-state index in [0.717, 1.165) is 12.6 Å². The maximum Gasteiger partial charge on any atom is 0.300 e. The fraction of sp³-hybridized carbons (Fsp3) is 0.538. The van der Waals surface area contributed by atoms with Crippen molar-refractivity contribution < 1.29 is 14.5 Å². The smallest absolute Gasteiger partial charge is 0.300 e. The number of nitrogens with one attached hydrogen (secondary N) is 1. The lowest BCUT2D eigenvalue weighted by atomic mass is 10.1. The van der Waals surface area contributed by atoms with Gasteiger partial charge in [0.05, 0.1) is 11.5 Å². The van der Waals surface area contributed by atoms with Gasteiger partial charge in [0.1, 0.15) is 17.6 Å². The molecule has 0 aliphatic carbocycles. The molecule has 1 rings (SSSR count). The first-order valence-corrected chi connectivity index (χ1v) is 6.67. The molecule has 0 aliphatic heterocycles. The molecule has 0 aromatic carbocycles. The predicted molar refractivity (Wildman–Crippen MR) is 77.9 cm³/mol. The van der Waals surface area contributed by atoms with Gasteiger partial charge in [-0.05, 0) is 18.4 Å². The van der Waals surface area contributed by atoms with E-state index in [1.807, 2.05) is 0 Å². The fourth-order valence-electron chi connectivity index (χ4n) is 1.54. The number of hydrogen-bond donors (Lipinski definition) is 2. The minimum Gasteiger partial charge on any atom is -0.384 e. The quantitative estimate of drug-likeness (QED) is 0.424. The minimum atomic E-state index is -0.666. The van der Waals surface area contributed by atoms with E-state index in [-0.39, 0.29) is 23.6 Å². The average Bonchev–Trinajstić information content (AvgIpc) is 2.41. The highest BCUT2D eigenvalue weighted by atomic mass is 16.6. The number of amides is 1. The van der Waals surface area contributed by atoms with Crippen molar-refractivity contribution in [1.29, 1.82) is 0 Å². The van der Waals surface area contributed by atoms with Gasteiger partial charge in [-0.3, -0.25) is 14.9 Å². The van der Waals surface area contributed by atoms with Crippen LogP contribution in [0, 0.1) is 16.0 Å². The lowest BCUT2D eigenvalue weighted by Crippen LogP contribution is -2.28. The highest BCUT2D eigenvalue weighted by molar-refractivity contribution is 5.98. The molecular formula is C13H20N4O4. The number of carbonyl (C=O) groups excluding carboxylic acids is 1. The first-order chi connectivity index (χ1) is 9.91. The van der Waals surface area contributed by atoms with Gasteiger partial charge in [-0.2, -0.15) is 0 Å². The number of nitrogens with two attached hydrogens (primary N) is 1. The molecule has 0 radical (unpaired) electrons. The van der Waals surface area contributed by atoms with E-state index in [1.165, 1.54) is 6.07 Å². The van der Waals surface area contributed by atoms with E-state index in [4.69, 9.17) is 10.5 Å². The molecule has 8 nitrogen and oxygen atoms in total. The molecule has 0 atom stereocenters. The van der Waals surface area contributed by atoms with Gasteiger partial charge in [0.25, 0.3) is 11.6 Å². The second-order valence-corrected chi connectivity index (χ2v) is 4.93. The van der Waals surface area contributed by atoms with Crippen LogP contribution in [0.3, 0.4) is 0 Å².